The van der Waals surface area contributed by atoms with Crippen LogP contribution in [0.5, 0.6) is 0 Å². The third-order valence-electron chi connectivity index (χ3n) is 5.94. The molecule has 1 unspecified atom stereocenters. The van der Waals surface area contributed by atoms with Gasteiger partial charge in [-0.15, -0.1) is 11.3 Å². The van der Waals surface area contributed by atoms with Crippen LogP contribution in [0.25, 0.3) is 22.2 Å². The van der Waals surface area contributed by atoms with Gasteiger partial charge in [-0.1, -0.05) is 65.7 Å². The number of hydrogen-bond donors (Lipinski definition) is 0. The van der Waals surface area contributed by atoms with E-state index in [1.54, 1.807) is 22.4 Å². The Hall–Kier alpha value is -3.32. The molecule has 0 bridgehead atoms. The highest BCUT2D eigenvalue weighted by Gasteiger charge is 2.34. The molecule has 3 aromatic carbocycles. The van der Waals surface area contributed by atoms with Gasteiger partial charge >= 0.3 is 0 Å². The van der Waals surface area contributed by atoms with Gasteiger partial charge in [-0.3, -0.25) is 0 Å². The van der Waals surface area contributed by atoms with Crippen LogP contribution in [-0.2, 0) is 0 Å². The monoisotopic (exact) mass is 518 g/mol. The highest BCUT2D eigenvalue weighted by Crippen LogP contribution is 2.40. The van der Waals surface area contributed by atoms with Crippen molar-refractivity contribution in [3.8, 4) is 11.3 Å². The van der Waals surface area contributed by atoms with Crippen molar-refractivity contribution in [3.05, 3.63) is 111 Å². The summed E-state index contributed by atoms with van der Waals surface area (Å²) in [5, 5.41) is 10.6. The lowest BCUT2D eigenvalue weighted by molar-refractivity contribution is 0.623. The molecule has 5 aromatic rings. The SMILES string of the molecule is Fc1ccc(C2CC(c3cccs3)=NN2c2nc(-c3ccccc3)c3cc(Cl)ccc3n2)c(Cl)c1. The Kier molecular flexibility index (Phi) is 5.72. The number of hydrazone groups is 1. The van der Waals surface area contributed by atoms with Gasteiger partial charge in [0.2, 0.25) is 5.95 Å². The second kappa shape index (κ2) is 9.04. The van der Waals surface area contributed by atoms with E-state index in [1.165, 1.54) is 12.1 Å². The van der Waals surface area contributed by atoms with Crippen LogP contribution in [0.4, 0.5) is 10.3 Å². The molecule has 0 aliphatic carbocycles. The maximum absolute atomic E-state index is 13.8. The maximum Gasteiger partial charge on any atom is 0.247 e. The summed E-state index contributed by atoms with van der Waals surface area (Å²) in [6.45, 7) is 0. The Balaban J connectivity index is 1.55. The van der Waals surface area contributed by atoms with Gasteiger partial charge < -0.3 is 0 Å². The van der Waals surface area contributed by atoms with Crippen molar-refractivity contribution in [2.45, 2.75) is 12.5 Å². The lowest BCUT2D eigenvalue weighted by atomic mass is 10.0. The van der Waals surface area contributed by atoms with E-state index < -0.39 is 0 Å². The van der Waals surface area contributed by atoms with Gasteiger partial charge in [-0.05, 0) is 47.3 Å². The molecule has 0 amide bonds. The van der Waals surface area contributed by atoms with Crippen molar-refractivity contribution >= 4 is 57.1 Å². The van der Waals surface area contributed by atoms with Crippen molar-refractivity contribution < 1.29 is 4.39 Å². The molecule has 0 fully saturated rings. The van der Waals surface area contributed by atoms with Crippen LogP contribution < -0.4 is 5.01 Å². The quantitative estimate of drug-likeness (QED) is 0.241. The van der Waals surface area contributed by atoms with Crippen LogP contribution in [0.3, 0.4) is 0 Å². The fourth-order valence-electron chi connectivity index (χ4n) is 4.31. The molecule has 2 aromatic heterocycles. The van der Waals surface area contributed by atoms with Gasteiger partial charge in [-0.25, -0.2) is 19.4 Å². The predicted molar refractivity (Wildman–Crippen MR) is 142 cm³/mol. The first kappa shape index (κ1) is 22.2. The van der Waals surface area contributed by atoms with E-state index >= 15 is 0 Å². The minimum atomic E-state index is -0.382. The highest BCUT2D eigenvalue weighted by molar-refractivity contribution is 7.12. The molecule has 35 heavy (non-hydrogen) atoms. The molecule has 8 heteroatoms. The number of halogens is 3. The zero-order valence-corrected chi connectivity index (χ0v) is 20.5. The molecule has 1 aliphatic rings. The summed E-state index contributed by atoms with van der Waals surface area (Å²) in [6.07, 6.45) is 0.592. The lowest BCUT2D eigenvalue weighted by Crippen LogP contribution is -2.21. The molecule has 172 valence electrons. The van der Waals surface area contributed by atoms with Crippen LogP contribution in [-0.4, -0.2) is 15.7 Å². The average molecular weight is 519 g/mol. The van der Waals surface area contributed by atoms with Crippen molar-refractivity contribution in [3.63, 3.8) is 0 Å². The van der Waals surface area contributed by atoms with Gasteiger partial charge in [0.15, 0.2) is 0 Å². The molecule has 1 aliphatic heterocycles. The number of benzene rings is 3. The number of aromatic nitrogens is 2. The normalized spacial score (nSPS) is 15.6. The first-order valence-corrected chi connectivity index (χ1v) is 12.6. The predicted octanol–water partition coefficient (Wildman–Crippen LogP) is 8.16. The fraction of sp³-hybridized carbons (Fsp3) is 0.0741. The van der Waals surface area contributed by atoms with Crippen LogP contribution in [0.1, 0.15) is 22.9 Å². The van der Waals surface area contributed by atoms with Gasteiger partial charge in [0.25, 0.3) is 0 Å². The van der Waals surface area contributed by atoms with Crippen molar-refractivity contribution in [2.24, 2.45) is 5.10 Å². The summed E-state index contributed by atoms with van der Waals surface area (Å²) in [5.41, 5.74) is 4.14. The van der Waals surface area contributed by atoms with Gasteiger partial charge in [-0.2, -0.15) is 5.10 Å². The Morgan fingerprint density at radius 1 is 0.914 bits per heavy atom. The van der Waals surface area contributed by atoms with E-state index in [-0.39, 0.29) is 11.9 Å². The first-order valence-electron chi connectivity index (χ1n) is 10.9. The van der Waals surface area contributed by atoms with Gasteiger partial charge in [0.05, 0.1) is 27.8 Å². The summed E-state index contributed by atoms with van der Waals surface area (Å²) in [5.74, 6) is 0.0588. The summed E-state index contributed by atoms with van der Waals surface area (Å²) >= 11 is 14.4. The van der Waals surface area contributed by atoms with Crippen molar-refractivity contribution in [1.82, 2.24) is 9.97 Å². The Morgan fingerprint density at radius 2 is 1.77 bits per heavy atom. The zero-order valence-electron chi connectivity index (χ0n) is 18.2. The molecular weight excluding hydrogens is 502 g/mol. The van der Waals surface area contributed by atoms with Crippen molar-refractivity contribution in [2.75, 3.05) is 5.01 Å². The molecule has 3 heterocycles. The number of fused-ring (bicyclic) bond motifs is 1. The summed E-state index contributed by atoms with van der Waals surface area (Å²) in [4.78, 5) is 10.9. The summed E-state index contributed by atoms with van der Waals surface area (Å²) < 4.78 is 13.8. The standard InChI is InChI=1S/C27H17Cl2FN4S/c28-17-8-11-22-20(13-17)26(16-5-2-1-3-6-16)32-27(31-22)34-24(19-10-9-18(30)14-21(19)29)15-23(33-34)25-7-4-12-35-25/h1-14,24H,15H2. The molecule has 0 saturated carbocycles. The van der Waals surface area contributed by atoms with E-state index in [2.05, 4.69) is 0 Å². The third-order valence-corrected chi connectivity index (χ3v) is 7.42. The minimum Gasteiger partial charge on any atom is -0.223 e. The molecular formula is C27H17Cl2FN4S. The van der Waals surface area contributed by atoms with Gasteiger partial charge in [0, 0.05) is 27.4 Å². The smallest absolute Gasteiger partial charge is 0.223 e. The second-order valence-corrected chi connectivity index (χ2v) is 9.95. The third kappa shape index (κ3) is 4.18. The number of rotatable bonds is 4. The Bertz CT molecular complexity index is 1570. The van der Waals surface area contributed by atoms with E-state index in [1.807, 2.05) is 66.0 Å². The number of nitrogens with zero attached hydrogens (tertiary/aromatic N) is 4. The van der Waals surface area contributed by atoms with Crippen LogP contribution in [0, 0.1) is 5.82 Å². The molecule has 0 saturated heterocycles. The Morgan fingerprint density at radius 3 is 2.54 bits per heavy atom. The van der Waals surface area contributed by atoms with E-state index in [9.17, 15) is 4.39 Å². The summed E-state index contributed by atoms with van der Waals surface area (Å²) in [6, 6.07) is 23.7. The molecule has 0 radical (unpaired) electrons. The van der Waals surface area contributed by atoms with Gasteiger partial charge in [0.1, 0.15) is 5.82 Å². The van der Waals surface area contributed by atoms with Crippen LogP contribution in [0.15, 0.2) is 89.3 Å². The van der Waals surface area contributed by atoms with Crippen LogP contribution in [0.2, 0.25) is 10.0 Å². The van der Waals surface area contributed by atoms with Crippen molar-refractivity contribution in [1.29, 1.82) is 0 Å². The lowest BCUT2D eigenvalue weighted by Gasteiger charge is -2.24. The average Bonchev–Trinajstić information content (AvgIpc) is 3.54. The molecule has 0 spiro atoms. The zero-order chi connectivity index (χ0) is 23.9. The van der Waals surface area contributed by atoms with E-state index in [4.69, 9.17) is 38.3 Å². The molecule has 6 rings (SSSR count). The number of hydrogen-bond acceptors (Lipinski definition) is 5. The Labute approximate surface area is 215 Å². The second-order valence-electron chi connectivity index (χ2n) is 8.15. The van der Waals surface area contributed by atoms with Crippen LogP contribution >= 0.6 is 34.5 Å². The van der Waals surface area contributed by atoms with E-state index in [0.717, 1.165) is 38.3 Å². The largest absolute Gasteiger partial charge is 0.247 e. The fourth-order valence-corrected chi connectivity index (χ4v) is 5.49. The maximum atomic E-state index is 13.8. The first-order chi connectivity index (χ1) is 17.1. The topological polar surface area (TPSA) is 41.4 Å². The molecule has 1 atom stereocenters. The number of anilines is 1. The van der Waals surface area contributed by atoms with E-state index in [0.29, 0.717) is 22.4 Å². The molecule has 4 nitrogen and oxygen atoms in total. The minimum absolute atomic E-state index is 0.284. The highest BCUT2D eigenvalue weighted by atomic mass is 35.5. The molecule has 0 N–H and O–H groups in total. The summed E-state index contributed by atoms with van der Waals surface area (Å²) in [7, 11) is 0. The number of thiophene rings is 1.